The molecule has 1 heterocycles. The predicted molar refractivity (Wildman–Crippen MR) is 125 cm³/mol. The molecule has 0 radical (unpaired) electrons. The van der Waals surface area contributed by atoms with Crippen LogP contribution >= 0.6 is 0 Å². The third-order valence-electron chi connectivity index (χ3n) is 6.36. The molecule has 0 unspecified atom stereocenters. The highest BCUT2D eigenvalue weighted by atomic mass is 16.5. The van der Waals surface area contributed by atoms with Crippen LogP contribution in [0.1, 0.15) is 35.6 Å². The first-order valence-electron chi connectivity index (χ1n) is 11.5. The van der Waals surface area contributed by atoms with Crippen LogP contribution in [0.25, 0.3) is 0 Å². The van der Waals surface area contributed by atoms with Gasteiger partial charge in [-0.05, 0) is 41.9 Å². The average Bonchev–Trinajstić information content (AvgIpc) is 2.83. The lowest BCUT2D eigenvalue weighted by molar-refractivity contribution is -0.909. The Kier molecular flexibility index (Phi) is 7.89. The summed E-state index contributed by atoms with van der Waals surface area (Å²) in [5.74, 6) is 0.764. The van der Waals surface area contributed by atoms with Gasteiger partial charge in [0.2, 0.25) is 0 Å². The van der Waals surface area contributed by atoms with E-state index in [1.807, 2.05) is 36.4 Å². The highest BCUT2D eigenvalue weighted by molar-refractivity contribution is 5.29. The molecule has 1 aliphatic heterocycles. The number of rotatable bonds is 9. The molecule has 3 aromatic rings. The fourth-order valence-electron chi connectivity index (χ4n) is 4.68. The van der Waals surface area contributed by atoms with E-state index in [1.54, 1.807) is 0 Å². The molecule has 1 aliphatic rings. The van der Waals surface area contributed by atoms with Gasteiger partial charge in [0.15, 0.2) is 0 Å². The Morgan fingerprint density at radius 3 is 1.84 bits per heavy atom. The molecule has 31 heavy (non-hydrogen) atoms. The van der Waals surface area contributed by atoms with Crippen molar-refractivity contribution in [2.75, 3.05) is 26.2 Å². The van der Waals surface area contributed by atoms with E-state index in [9.17, 15) is 5.11 Å². The molecule has 3 aromatic carbocycles. The van der Waals surface area contributed by atoms with Crippen molar-refractivity contribution in [2.24, 2.45) is 5.92 Å². The van der Waals surface area contributed by atoms with E-state index in [0.717, 1.165) is 36.7 Å². The summed E-state index contributed by atoms with van der Waals surface area (Å²) in [4.78, 5) is 1.50. The summed E-state index contributed by atoms with van der Waals surface area (Å²) in [7, 11) is 0. The van der Waals surface area contributed by atoms with Crippen molar-refractivity contribution in [1.29, 1.82) is 0 Å². The van der Waals surface area contributed by atoms with Gasteiger partial charge in [0.05, 0.1) is 19.7 Å². The van der Waals surface area contributed by atoms with Crippen LogP contribution in [0.4, 0.5) is 0 Å². The summed E-state index contributed by atoms with van der Waals surface area (Å²) < 4.78 is 6.25. The standard InChI is InChI=1S/C28H33NO2/c30-27(21-29-18-16-24(17-19-29)20-23-10-4-1-5-11-23)22-31-28(25-12-6-2-7-13-25)26-14-8-3-9-15-26/h1-15,24,27-28,30H,16-22H2/p+1/t27-/m1/s1. The molecular weight excluding hydrogens is 382 g/mol. The van der Waals surface area contributed by atoms with E-state index in [2.05, 4.69) is 54.6 Å². The SMILES string of the molecule is O[C@@H](COC(c1ccccc1)c1ccccc1)C[NH+]1CCC(Cc2ccccc2)CC1. The molecule has 3 heteroatoms. The van der Waals surface area contributed by atoms with Crippen molar-refractivity contribution in [3.63, 3.8) is 0 Å². The molecule has 162 valence electrons. The lowest BCUT2D eigenvalue weighted by Crippen LogP contribution is -3.14. The van der Waals surface area contributed by atoms with E-state index >= 15 is 0 Å². The second-order valence-electron chi connectivity index (χ2n) is 8.78. The topological polar surface area (TPSA) is 33.9 Å². The Hall–Kier alpha value is -2.46. The van der Waals surface area contributed by atoms with Gasteiger partial charge in [-0.15, -0.1) is 0 Å². The van der Waals surface area contributed by atoms with Crippen LogP contribution in [0, 0.1) is 5.92 Å². The van der Waals surface area contributed by atoms with Gasteiger partial charge in [-0.25, -0.2) is 0 Å². The number of quaternary nitrogens is 1. The molecule has 2 N–H and O–H groups in total. The molecule has 3 nitrogen and oxygen atoms in total. The first kappa shape index (κ1) is 21.8. The minimum Gasteiger partial charge on any atom is -0.385 e. The van der Waals surface area contributed by atoms with Gasteiger partial charge in [0, 0.05) is 0 Å². The van der Waals surface area contributed by atoms with Crippen molar-refractivity contribution in [2.45, 2.75) is 31.5 Å². The quantitative estimate of drug-likeness (QED) is 0.558. The van der Waals surface area contributed by atoms with E-state index in [1.165, 1.54) is 29.7 Å². The monoisotopic (exact) mass is 416 g/mol. The van der Waals surface area contributed by atoms with Crippen molar-refractivity contribution < 1.29 is 14.7 Å². The van der Waals surface area contributed by atoms with Gasteiger partial charge in [-0.3, -0.25) is 0 Å². The molecule has 1 fully saturated rings. The molecule has 1 saturated heterocycles. The zero-order valence-corrected chi connectivity index (χ0v) is 18.2. The number of aliphatic hydroxyl groups excluding tert-OH is 1. The van der Waals surface area contributed by atoms with E-state index in [-0.39, 0.29) is 6.10 Å². The number of hydrogen-bond acceptors (Lipinski definition) is 2. The molecule has 0 amide bonds. The zero-order chi connectivity index (χ0) is 21.3. The molecule has 0 saturated carbocycles. The van der Waals surface area contributed by atoms with Gasteiger partial charge in [-0.2, -0.15) is 0 Å². The number of aliphatic hydroxyl groups is 1. The van der Waals surface area contributed by atoms with Crippen molar-refractivity contribution >= 4 is 0 Å². The molecular formula is C28H34NO2+. The van der Waals surface area contributed by atoms with Crippen LogP contribution in [0.5, 0.6) is 0 Å². The minimum absolute atomic E-state index is 0.149. The van der Waals surface area contributed by atoms with Crippen molar-refractivity contribution in [3.8, 4) is 0 Å². The minimum atomic E-state index is -0.449. The van der Waals surface area contributed by atoms with Gasteiger partial charge in [-0.1, -0.05) is 91.0 Å². The maximum absolute atomic E-state index is 10.7. The molecule has 1 atom stereocenters. The molecule has 4 rings (SSSR count). The van der Waals surface area contributed by atoms with Crippen LogP contribution in [-0.2, 0) is 11.2 Å². The summed E-state index contributed by atoms with van der Waals surface area (Å²) in [6, 6.07) is 31.4. The number of benzene rings is 3. The van der Waals surface area contributed by atoms with Crippen LogP contribution in [-0.4, -0.2) is 37.5 Å². The van der Waals surface area contributed by atoms with Gasteiger partial charge >= 0.3 is 0 Å². The number of likely N-dealkylation sites (tertiary alicyclic amines) is 1. The summed E-state index contributed by atoms with van der Waals surface area (Å²) in [6.45, 7) is 3.38. The second kappa shape index (κ2) is 11.2. The highest BCUT2D eigenvalue weighted by Crippen LogP contribution is 2.25. The smallest absolute Gasteiger partial charge is 0.126 e. The number of hydrogen-bond donors (Lipinski definition) is 2. The van der Waals surface area contributed by atoms with Crippen LogP contribution in [0.2, 0.25) is 0 Å². The van der Waals surface area contributed by atoms with Gasteiger partial charge < -0.3 is 14.7 Å². The molecule has 0 bridgehead atoms. The van der Waals surface area contributed by atoms with Crippen LogP contribution in [0.15, 0.2) is 91.0 Å². The normalized spacial score (nSPS) is 19.9. The Bertz CT molecular complexity index is 837. The largest absolute Gasteiger partial charge is 0.385 e. The van der Waals surface area contributed by atoms with E-state index < -0.39 is 6.10 Å². The molecule has 0 aromatic heterocycles. The van der Waals surface area contributed by atoms with Crippen molar-refractivity contribution in [3.05, 3.63) is 108 Å². The Morgan fingerprint density at radius 2 is 1.29 bits per heavy atom. The third-order valence-corrected chi connectivity index (χ3v) is 6.36. The summed E-state index contributed by atoms with van der Waals surface area (Å²) >= 11 is 0. The lowest BCUT2D eigenvalue weighted by Gasteiger charge is -2.31. The van der Waals surface area contributed by atoms with Gasteiger partial charge in [0.1, 0.15) is 18.8 Å². The summed E-state index contributed by atoms with van der Waals surface area (Å²) in [5.41, 5.74) is 3.68. The Morgan fingerprint density at radius 1 is 0.774 bits per heavy atom. The fourth-order valence-corrected chi connectivity index (χ4v) is 4.68. The zero-order valence-electron chi connectivity index (χ0n) is 18.2. The molecule has 0 aliphatic carbocycles. The lowest BCUT2D eigenvalue weighted by atomic mass is 9.90. The fraction of sp³-hybridized carbons (Fsp3) is 0.357. The maximum atomic E-state index is 10.7. The maximum Gasteiger partial charge on any atom is 0.126 e. The predicted octanol–water partition coefficient (Wildman–Crippen LogP) is 3.69. The second-order valence-corrected chi connectivity index (χ2v) is 8.78. The van der Waals surface area contributed by atoms with Crippen molar-refractivity contribution in [1.82, 2.24) is 0 Å². The van der Waals surface area contributed by atoms with Crippen LogP contribution < -0.4 is 4.90 Å². The average molecular weight is 417 g/mol. The van der Waals surface area contributed by atoms with Crippen LogP contribution in [0.3, 0.4) is 0 Å². The summed E-state index contributed by atoms with van der Waals surface area (Å²) in [5, 5.41) is 10.7. The highest BCUT2D eigenvalue weighted by Gasteiger charge is 2.25. The first-order chi connectivity index (χ1) is 15.3. The number of ether oxygens (including phenoxy) is 1. The Labute approximate surface area is 186 Å². The number of piperidine rings is 1. The number of nitrogens with one attached hydrogen (secondary N) is 1. The Balaban J connectivity index is 1.26. The first-order valence-corrected chi connectivity index (χ1v) is 11.5. The van der Waals surface area contributed by atoms with E-state index in [4.69, 9.17) is 4.74 Å². The van der Waals surface area contributed by atoms with Gasteiger partial charge in [0.25, 0.3) is 0 Å². The summed E-state index contributed by atoms with van der Waals surface area (Å²) in [6.07, 6.45) is 3.04. The molecule has 0 spiro atoms. The third kappa shape index (κ3) is 6.51. The van der Waals surface area contributed by atoms with E-state index in [0.29, 0.717) is 6.61 Å².